The minimum absolute atomic E-state index is 0.0642. The molecule has 0 saturated heterocycles. The maximum atomic E-state index is 12.1. The Kier molecular flexibility index (Phi) is 2.39. The molecule has 0 saturated carbocycles. The SMILES string of the molecule is COc1cc2[nH]cc3c(c-2c(=O)c1)CCCC3. The van der Waals surface area contributed by atoms with Gasteiger partial charge in [0.05, 0.1) is 12.8 Å². The maximum Gasteiger partial charge on any atom is 0.191 e. The number of fused-ring (bicyclic) bond motifs is 3. The predicted octanol–water partition coefficient (Wildman–Crippen LogP) is 2.37. The van der Waals surface area contributed by atoms with Gasteiger partial charge in [-0.3, -0.25) is 4.79 Å². The molecule has 0 spiro atoms. The highest BCUT2D eigenvalue weighted by Gasteiger charge is 2.19. The predicted molar refractivity (Wildman–Crippen MR) is 66.9 cm³/mol. The van der Waals surface area contributed by atoms with E-state index in [9.17, 15) is 4.79 Å². The van der Waals surface area contributed by atoms with Gasteiger partial charge in [-0.1, -0.05) is 0 Å². The first-order valence-electron chi connectivity index (χ1n) is 6.01. The molecule has 0 aromatic carbocycles. The number of aromatic nitrogens is 1. The molecule has 0 fully saturated rings. The Morgan fingerprint density at radius 3 is 2.88 bits per heavy atom. The molecule has 0 aromatic heterocycles. The van der Waals surface area contributed by atoms with Gasteiger partial charge in [0.2, 0.25) is 0 Å². The fourth-order valence-corrected chi connectivity index (χ4v) is 2.67. The van der Waals surface area contributed by atoms with Crippen molar-refractivity contribution >= 4 is 0 Å². The van der Waals surface area contributed by atoms with Crippen molar-refractivity contribution < 1.29 is 4.74 Å². The molecular formula is C14H15NO2. The van der Waals surface area contributed by atoms with Gasteiger partial charge in [-0.2, -0.15) is 0 Å². The highest BCUT2D eigenvalue weighted by molar-refractivity contribution is 5.68. The van der Waals surface area contributed by atoms with Crippen LogP contribution in [0.15, 0.2) is 23.1 Å². The molecule has 1 aliphatic heterocycles. The standard InChI is InChI=1S/C14H15NO2/c1-17-10-6-12-14(13(16)7-10)11-5-3-2-4-9(11)8-15-12/h6-8,15H,2-5H2,1H3. The minimum Gasteiger partial charge on any atom is -0.497 e. The molecule has 0 atom stereocenters. The summed E-state index contributed by atoms with van der Waals surface area (Å²) in [5.41, 5.74) is 4.33. The van der Waals surface area contributed by atoms with E-state index in [0.717, 1.165) is 24.1 Å². The number of benzene rings is 1. The van der Waals surface area contributed by atoms with Gasteiger partial charge < -0.3 is 9.72 Å². The number of methoxy groups -OCH3 is 1. The summed E-state index contributed by atoms with van der Waals surface area (Å²) in [5.74, 6) is 0.620. The molecule has 1 N–H and O–H groups in total. The Balaban J connectivity index is 2.32. The average Bonchev–Trinajstić information content (AvgIpc) is 2.37. The Hall–Kier alpha value is -1.77. The van der Waals surface area contributed by atoms with Crippen LogP contribution in [0.2, 0.25) is 0 Å². The number of aryl methyl sites for hydroxylation is 1. The van der Waals surface area contributed by atoms with Crippen molar-refractivity contribution in [3.05, 3.63) is 39.7 Å². The van der Waals surface area contributed by atoms with E-state index in [2.05, 4.69) is 4.98 Å². The lowest BCUT2D eigenvalue weighted by molar-refractivity contribution is 0.414. The molecule has 3 aliphatic rings. The monoisotopic (exact) mass is 229 g/mol. The average molecular weight is 229 g/mol. The number of H-pyrrole nitrogens is 1. The zero-order valence-electron chi connectivity index (χ0n) is 9.88. The normalized spacial score (nSPS) is 14.6. The molecule has 1 heterocycles. The number of hydrogen-bond acceptors (Lipinski definition) is 2. The summed E-state index contributed by atoms with van der Waals surface area (Å²) in [6, 6.07) is 3.47. The van der Waals surface area contributed by atoms with Crippen LogP contribution in [0, 0.1) is 0 Å². The third-order valence-corrected chi connectivity index (χ3v) is 3.53. The number of nitrogens with one attached hydrogen (secondary N) is 1. The summed E-state index contributed by atoms with van der Waals surface area (Å²) < 4.78 is 5.13. The Bertz CT molecular complexity index is 586. The third-order valence-electron chi connectivity index (χ3n) is 3.53. The first-order valence-corrected chi connectivity index (χ1v) is 6.01. The van der Waals surface area contributed by atoms with Crippen LogP contribution in [-0.2, 0) is 12.8 Å². The van der Waals surface area contributed by atoms with Gasteiger partial charge in [0.1, 0.15) is 5.75 Å². The van der Waals surface area contributed by atoms with Crippen molar-refractivity contribution in [2.24, 2.45) is 0 Å². The second-order valence-electron chi connectivity index (χ2n) is 4.55. The van der Waals surface area contributed by atoms with Gasteiger partial charge >= 0.3 is 0 Å². The van der Waals surface area contributed by atoms with E-state index in [1.165, 1.54) is 24.0 Å². The molecule has 3 heteroatoms. The van der Waals surface area contributed by atoms with Crippen LogP contribution < -0.4 is 10.2 Å². The molecular weight excluding hydrogens is 214 g/mol. The molecule has 88 valence electrons. The number of hydrogen-bond donors (Lipinski definition) is 1. The van der Waals surface area contributed by atoms with E-state index in [4.69, 9.17) is 4.74 Å². The summed E-state index contributed by atoms with van der Waals surface area (Å²) >= 11 is 0. The molecule has 3 rings (SSSR count). The zero-order valence-corrected chi connectivity index (χ0v) is 9.88. The van der Waals surface area contributed by atoms with Gasteiger partial charge in [0.25, 0.3) is 0 Å². The van der Waals surface area contributed by atoms with Gasteiger partial charge in [-0.05, 0) is 36.8 Å². The Morgan fingerprint density at radius 1 is 1.24 bits per heavy atom. The molecule has 0 unspecified atom stereocenters. The molecule has 0 bridgehead atoms. The van der Waals surface area contributed by atoms with Crippen molar-refractivity contribution in [1.82, 2.24) is 4.98 Å². The summed E-state index contributed by atoms with van der Waals surface area (Å²) in [6.07, 6.45) is 6.53. The van der Waals surface area contributed by atoms with Crippen molar-refractivity contribution in [3.8, 4) is 17.0 Å². The molecule has 0 aromatic rings. The highest BCUT2D eigenvalue weighted by atomic mass is 16.5. The highest BCUT2D eigenvalue weighted by Crippen LogP contribution is 2.30. The molecule has 17 heavy (non-hydrogen) atoms. The quantitative estimate of drug-likeness (QED) is 0.815. The fourth-order valence-electron chi connectivity index (χ4n) is 2.67. The van der Waals surface area contributed by atoms with E-state index in [0.29, 0.717) is 5.75 Å². The first-order chi connectivity index (χ1) is 8.29. The van der Waals surface area contributed by atoms with Crippen LogP contribution >= 0.6 is 0 Å². The Labute approximate surface area is 99.8 Å². The molecule has 3 nitrogen and oxygen atoms in total. The van der Waals surface area contributed by atoms with Crippen LogP contribution in [0.1, 0.15) is 24.0 Å². The molecule has 0 amide bonds. The second kappa shape index (κ2) is 3.91. The Morgan fingerprint density at radius 2 is 2.06 bits per heavy atom. The van der Waals surface area contributed by atoms with Crippen LogP contribution in [0.3, 0.4) is 0 Å². The maximum absolute atomic E-state index is 12.1. The van der Waals surface area contributed by atoms with Crippen molar-refractivity contribution in [3.63, 3.8) is 0 Å². The minimum atomic E-state index is 0.0642. The number of pyridine rings is 1. The summed E-state index contributed by atoms with van der Waals surface area (Å²) in [7, 11) is 1.58. The van der Waals surface area contributed by atoms with E-state index >= 15 is 0 Å². The topological polar surface area (TPSA) is 42.1 Å². The lowest BCUT2D eigenvalue weighted by Gasteiger charge is -2.20. The summed E-state index contributed by atoms with van der Waals surface area (Å²) in [5, 5.41) is 0. The lowest BCUT2D eigenvalue weighted by Crippen LogP contribution is -2.14. The van der Waals surface area contributed by atoms with Crippen molar-refractivity contribution in [2.45, 2.75) is 25.7 Å². The van der Waals surface area contributed by atoms with Gasteiger partial charge in [-0.25, -0.2) is 0 Å². The third kappa shape index (κ3) is 1.62. The van der Waals surface area contributed by atoms with E-state index in [1.54, 1.807) is 13.2 Å². The summed E-state index contributed by atoms with van der Waals surface area (Å²) in [6.45, 7) is 0. The molecule has 2 aliphatic carbocycles. The van der Waals surface area contributed by atoms with Crippen LogP contribution in [-0.4, -0.2) is 12.1 Å². The van der Waals surface area contributed by atoms with Crippen molar-refractivity contribution in [1.29, 1.82) is 0 Å². The molecule has 0 radical (unpaired) electrons. The lowest BCUT2D eigenvalue weighted by atomic mass is 9.87. The first kappa shape index (κ1) is 10.4. The fraction of sp³-hybridized carbons (Fsp3) is 0.357. The van der Waals surface area contributed by atoms with Gasteiger partial charge in [0.15, 0.2) is 5.43 Å². The second-order valence-corrected chi connectivity index (χ2v) is 4.55. The largest absolute Gasteiger partial charge is 0.497 e. The number of aromatic amines is 1. The summed E-state index contributed by atoms with van der Waals surface area (Å²) in [4.78, 5) is 15.3. The van der Waals surface area contributed by atoms with E-state index in [1.807, 2.05) is 12.3 Å². The van der Waals surface area contributed by atoms with Crippen molar-refractivity contribution in [2.75, 3.05) is 7.11 Å². The smallest absolute Gasteiger partial charge is 0.191 e. The van der Waals surface area contributed by atoms with Gasteiger partial charge in [0, 0.05) is 23.9 Å². The zero-order chi connectivity index (χ0) is 11.8. The number of rotatable bonds is 1. The van der Waals surface area contributed by atoms with E-state index in [-0.39, 0.29) is 5.43 Å². The van der Waals surface area contributed by atoms with Gasteiger partial charge in [-0.15, -0.1) is 0 Å². The van der Waals surface area contributed by atoms with Crippen LogP contribution in [0.5, 0.6) is 5.75 Å². The van der Waals surface area contributed by atoms with E-state index < -0.39 is 0 Å². The van der Waals surface area contributed by atoms with Crippen LogP contribution in [0.25, 0.3) is 11.3 Å². The van der Waals surface area contributed by atoms with Crippen LogP contribution in [0.4, 0.5) is 0 Å². The number of ether oxygens (including phenoxy) is 1.